The van der Waals surface area contributed by atoms with Crippen LogP contribution in [0, 0.1) is 35.5 Å². The first-order valence-electron chi connectivity index (χ1n) is 20.4. The minimum absolute atomic E-state index is 0.150. The Balaban J connectivity index is 0.000000204. The molecule has 53 heavy (non-hydrogen) atoms. The van der Waals surface area contributed by atoms with Crippen LogP contribution in [0.15, 0.2) is 48.5 Å². The zero-order chi connectivity index (χ0) is 37.4. The van der Waals surface area contributed by atoms with Crippen LogP contribution in [0.4, 0.5) is 17.6 Å². The molecule has 4 aliphatic rings. The second kappa shape index (κ2) is 22.2. The summed E-state index contributed by atoms with van der Waals surface area (Å²) in [6.45, 7) is 1.77. The SMILES string of the molecule is CCCCC1CCC(C2COC(c3ccc(OC(F)F)cc3)OC2)CC1.CCCCCC1CCC(C2COC(c3ccc(OC(F)F)cc3)OC2)CC1. The van der Waals surface area contributed by atoms with Gasteiger partial charge in [-0.3, -0.25) is 0 Å². The Morgan fingerprint density at radius 1 is 0.491 bits per heavy atom. The number of hydrogen-bond acceptors (Lipinski definition) is 6. The minimum Gasteiger partial charge on any atom is -0.435 e. The van der Waals surface area contributed by atoms with Crippen LogP contribution in [0.3, 0.4) is 0 Å². The highest BCUT2D eigenvalue weighted by atomic mass is 19.3. The molecule has 0 aromatic heterocycles. The van der Waals surface area contributed by atoms with E-state index in [0.717, 1.165) is 23.0 Å². The molecule has 6 rings (SSSR count). The second-order valence-electron chi connectivity index (χ2n) is 15.6. The van der Waals surface area contributed by atoms with E-state index in [4.69, 9.17) is 18.9 Å². The summed E-state index contributed by atoms with van der Waals surface area (Å²) < 4.78 is 81.4. The highest BCUT2D eigenvalue weighted by molar-refractivity contribution is 5.29. The van der Waals surface area contributed by atoms with E-state index in [9.17, 15) is 17.6 Å². The van der Waals surface area contributed by atoms with Crippen molar-refractivity contribution in [3.8, 4) is 11.5 Å². The maximum absolute atomic E-state index is 12.2. The fraction of sp³-hybridized carbons (Fsp3) is 0.721. The standard InChI is InChI=1S/C22H32F2O3.C21H30F2O3/c1-2-3-4-5-16-6-8-17(9-7-16)19-14-25-21(26-15-19)18-10-12-20(13-11-18)27-22(23)24;1-2-3-4-15-5-7-16(8-6-15)18-13-24-20(25-14-18)17-9-11-19(12-10-17)26-21(22)23/h10-13,16-17,19,21-22H,2-9,14-15H2,1H3;9-12,15-16,18,20-21H,2-8,13-14H2,1H3. The van der Waals surface area contributed by atoms with Gasteiger partial charge in [0.2, 0.25) is 0 Å². The first kappa shape index (κ1) is 41.8. The van der Waals surface area contributed by atoms with E-state index >= 15 is 0 Å². The lowest BCUT2D eigenvalue weighted by Gasteiger charge is -2.38. The number of alkyl halides is 4. The van der Waals surface area contributed by atoms with Crippen LogP contribution in [-0.4, -0.2) is 39.7 Å². The van der Waals surface area contributed by atoms with Crippen molar-refractivity contribution >= 4 is 0 Å². The van der Waals surface area contributed by atoms with E-state index in [1.807, 2.05) is 0 Å². The fourth-order valence-corrected chi connectivity index (χ4v) is 8.65. The van der Waals surface area contributed by atoms with E-state index in [2.05, 4.69) is 23.3 Å². The Morgan fingerprint density at radius 3 is 1.19 bits per heavy atom. The summed E-state index contributed by atoms with van der Waals surface area (Å²) in [5, 5.41) is 0. The average molecular weight is 751 g/mol. The van der Waals surface area contributed by atoms with E-state index < -0.39 is 25.8 Å². The van der Waals surface area contributed by atoms with Gasteiger partial charge in [0.05, 0.1) is 26.4 Å². The number of ether oxygens (including phenoxy) is 6. The molecule has 0 amide bonds. The van der Waals surface area contributed by atoms with Crippen LogP contribution in [-0.2, 0) is 18.9 Å². The van der Waals surface area contributed by atoms with Crippen LogP contribution in [0.1, 0.15) is 134 Å². The summed E-state index contributed by atoms with van der Waals surface area (Å²) in [7, 11) is 0. The molecule has 0 N–H and O–H groups in total. The van der Waals surface area contributed by atoms with Gasteiger partial charge in [-0.05, 0) is 73.6 Å². The fourth-order valence-electron chi connectivity index (χ4n) is 8.65. The molecule has 0 bridgehead atoms. The predicted octanol–water partition coefficient (Wildman–Crippen LogP) is 12.3. The maximum Gasteiger partial charge on any atom is 0.387 e. The first-order valence-corrected chi connectivity index (χ1v) is 20.4. The number of halogens is 4. The van der Waals surface area contributed by atoms with E-state index in [1.165, 1.54) is 121 Å². The number of rotatable bonds is 15. The van der Waals surface area contributed by atoms with Gasteiger partial charge in [-0.1, -0.05) is 109 Å². The van der Waals surface area contributed by atoms with Crippen LogP contribution in [0.5, 0.6) is 11.5 Å². The summed E-state index contributed by atoms with van der Waals surface area (Å²) in [5.41, 5.74) is 1.68. The van der Waals surface area contributed by atoms with E-state index in [0.29, 0.717) is 50.1 Å². The quantitative estimate of drug-likeness (QED) is 0.133. The van der Waals surface area contributed by atoms with Crippen LogP contribution in [0.25, 0.3) is 0 Å². The second-order valence-corrected chi connectivity index (χ2v) is 15.6. The molecule has 298 valence electrons. The smallest absolute Gasteiger partial charge is 0.387 e. The maximum atomic E-state index is 12.2. The topological polar surface area (TPSA) is 55.4 Å². The van der Waals surface area contributed by atoms with Gasteiger partial charge < -0.3 is 28.4 Å². The van der Waals surface area contributed by atoms with Crippen molar-refractivity contribution in [3.05, 3.63) is 59.7 Å². The Morgan fingerprint density at radius 2 is 0.849 bits per heavy atom. The van der Waals surface area contributed by atoms with Gasteiger partial charge in [-0.25, -0.2) is 0 Å². The van der Waals surface area contributed by atoms with Gasteiger partial charge in [0.25, 0.3) is 0 Å². The first-order chi connectivity index (χ1) is 25.8. The number of hydrogen-bond donors (Lipinski definition) is 0. The Kier molecular flexibility index (Phi) is 17.5. The molecule has 6 nitrogen and oxygen atoms in total. The molecule has 2 aromatic carbocycles. The lowest BCUT2D eigenvalue weighted by Crippen LogP contribution is -2.34. The molecule has 0 radical (unpaired) electrons. The van der Waals surface area contributed by atoms with Crippen molar-refractivity contribution < 1.29 is 46.0 Å². The largest absolute Gasteiger partial charge is 0.435 e. The average Bonchev–Trinajstić information content (AvgIpc) is 3.18. The normalized spacial score (nSPS) is 29.4. The molecule has 10 heteroatoms. The lowest BCUT2D eigenvalue weighted by molar-refractivity contribution is -0.215. The van der Waals surface area contributed by atoms with Crippen molar-refractivity contribution in [1.29, 1.82) is 0 Å². The monoisotopic (exact) mass is 750 g/mol. The van der Waals surface area contributed by atoms with E-state index in [1.54, 1.807) is 24.3 Å². The number of benzene rings is 2. The van der Waals surface area contributed by atoms with Crippen LogP contribution >= 0.6 is 0 Å². The van der Waals surface area contributed by atoms with Crippen molar-refractivity contribution in [2.24, 2.45) is 35.5 Å². The summed E-state index contributed by atoms with van der Waals surface area (Å²) in [4.78, 5) is 0. The molecule has 2 saturated carbocycles. The third-order valence-electron chi connectivity index (χ3n) is 11.9. The van der Waals surface area contributed by atoms with Gasteiger partial charge >= 0.3 is 13.2 Å². The molecule has 0 spiro atoms. The molecule has 4 fully saturated rings. The third kappa shape index (κ3) is 13.7. The van der Waals surface area contributed by atoms with Gasteiger partial charge in [0.15, 0.2) is 12.6 Å². The van der Waals surface area contributed by atoms with Crippen LogP contribution < -0.4 is 9.47 Å². The molecule has 2 saturated heterocycles. The molecular formula is C43H62F4O6. The molecule has 2 aromatic rings. The molecular weight excluding hydrogens is 688 g/mol. The van der Waals surface area contributed by atoms with Gasteiger partial charge in [-0.2, -0.15) is 17.6 Å². The van der Waals surface area contributed by atoms with E-state index in [-0.39, 0.29) is 11.5 Å². The predicted molar refractivity (Wildman–Crippen MR) is 197 cm³/mol. The summed E-state index contributed by atoms with van der Waals surface area (Å²) >= 11 is 0. The summed E-state index contributed by atoms with van der Waals surface area (Å²) in [5.74, 6) is 4.48. The van der Waals surface area contributed by atoms with Crippen molar-refractivity contribution in [1.82, 2.24) is 0 Å². The molecule has 0 atom stereocenters. The molecule has 2 aliphatic carbocycles. The Hall–Kier alpha value is -2.40. The highest BCUT2D eigenvalue weighted by Gasteiger charge is 2.34. The van der Waals surface area contributed by atoms with Gasteiger partial charge in [0.1, 0.15) is 11.5 Å². The van der Waals surface area contributed by atoms with Crippen LogP contribution in [0.2, 0.25) is 0 Å². The Bertz CT molecular complexity index is 1250. The molecule has 2 heterocycles. The van der Waals surface area contributed by atoms with Crippen molar-refractivity contribution in [2.75, 3.05) is 26.4 Å². The van der Waals surface area contributed by atoms with Gasteiger partial charge in [-0.15, -0.1) is 0 Å². The molecule has 0 unspecified atom stereocenters. The molecule has 2 aliphatic heterocycles. The highest BCUT2D eigenvalue weighted by Crippen LogP contribution is 2.40. The van der Waals surface area contributed by atoms with Crippen molar-refractivity contribution in [2.45, 2.75) is 136 Å². The zero-order valence-electron chi connectivity index (χ0n) is 31.8. The number of unbranched alkanes of at least 4 members (excludes halogenated alkanes) is 3. The van der Waals surface area contributed by atoms with Gasteiger partial charge in [0, 0.05) is 23.0 Å². The third-order valence-corrected chi connectivity index (χ3v) is 11.9. The zero-order valence-corrected chi connectivity index (χ0v) is 31.8. The lowest BCUT2D eigenvalue weighted by atomic mass is 9.74. The Labute approximate surface area is 314 Å². The minimum atomic E-state index is -2.81. The van der Waals surface area contributed by atoms with Crippen molar-refractivity contribution in [3.63, 3.8) is 0 Å². The summed E-state index contributed by atoms with van der Waals surface area (Å²) in [6.07, 6.45) is 19.2. The summed E-state index contributed by atoms with van der Waals surface area (Å²) in [6, 6.07) is 13.0.